The van der Waals surface area contributed by atoms with E-state index in [9.17, 15) is 9.59 Å². The number of hydrogen-bond donors (Lipinski definition) is 0. The first kappa shape index (κ1) is 32.9. The van der Waals surface area contributed by atoms with Crippen molar-refractivity contribution in [3.63, 3.8) is 0 Å². The van der Waals surface area contributed by atoms with Gasteiger partial charge in [-0.05, 0) is 65.3 Å². The fourth-order valence-corrected chi connectivity index (χ4v) is 7.25. The van der Waals surface area contributed by atoms with Gasteiger partial charge in [-0.1, -0.05) is 58.4 Å². The average Bonchev–Trinajstić information content (AvgIpc) is 3.05. The summed E-state index contributed by atoms with van der Waals surface area (Å²) >= 11 is 0. The average molecular weight is 618 g/mol. The Morgan fingerprint density at radius 2 is 1.53 bits per heavy atom. The van der Waals surface area contributed by atoms with Crippen LogP contribution in [0.25, 0.3) is 0 Å². The van der Waals surface area contributed by atoms with Gasteiger partial charge >= 0.3 is 0 Å². The molecule has 1 heterocycles. The van der Waals surface area contributed by atoms with Crippen LogP contribution in [0.4, 0.5) is 0 Å². The molecule has 2 aromatic carbocycles. The fraction of sp³-hybridized carbons (Fsp3) is 0.568. The number of carbonyl (C=O) groups excluding carboxylic acids is 2. The highest BCUT2D eigenvalue weighted by Crippen LogP contribution is 2.59. The van der Waals surface area contributed by atoms with E-state index in [4.69, 9.17) is 14.2 Å². The van der Waals surface area contributed by atoms with Gasteiger partial charge in [-0.2, -0.15) is 0 Å². The Balaban J connectivity index is 1.27. The van der Waals surface area contributed by atoms with E-state index in [2.05, 4.69) is 57.7 Å². The van der Waals surface area contributed by atoms with Crippen LogP contribution >= 0.6 is 0 Å². The molecule has 0 spiro atoms. The van der Waals surface area contributed by atoms with E-state index in [1.807, 2.05) is 21.9 Å². The summed E-state index contributed by atoms with van der Waals surface area (Å²) in [5, 5.41) is 0. The lowest BCUT2D eigenvalue weighted by Gasteiger charge is -2.57. The van der Waals surface area contributed by atoms with Crippen LogP contribution < -0.4 is 14.2 Å². The van der Waals surface area contributed by atoms with Crippen LogP contribution in [0.3, 0.4) is 0 Å². The zero-order chi connectivity index (χ0) is 32.5. The van der Waals surface area contributed by atoms with E-state index in [0.29, 0.717) is 54.9 Å². The Hall–Kier alpha value is -3.52. The highest BCUT2D eigenvalue weighted by atomic mass is 16.5. The van der Waals surface area contributed by atoms with Gasteiger partial charge in [-0.15, -0.1) is 0 Å². The second-order valence-electron chi connectivity index (χ2n) is 14.4. The van der Waals surface area contributed by atoms with Gasteiger partial charge in [0.05, 0.1) is 21.3 Å². The number of rotatable bonds is 10. The highest BCUT2D eigenvalue weighted by Gasteiger charge is 2.51. The Labute approximate surface area is 269 Å². The SMILES string of the molecule is COc1cc(C(=O)N(CCN2CCN(C(=O)c3ccc(C(C)(C)C)cc3)CC2)CC2=CCC3CC2C3(C)C)cc(OC)c1OC. The molecule has 2 amide bonds. The standard InChI is InChI=1S/C37H51N3O5/c1-36(2,3)28-12-9-25(10-13-28)34(41)39-18-15-38(16-19-39)17-20-40(24-26-11-14-29-23-30(26)37(29,4)5)35(42)27-21-31(43-6)33(45-8)32(22-27)44-7/h9-13,21-22,29-30H,14-20,23-24H2,1-8H3. The Kier molecular flexibility index (Phi) is 9.54. The molecular weight excluding hydrogens is 566 g/mol. The molecule has 0 radical (unpaired) electrons. The van der Waals surface area contributed by atoms with Crippen molar-refractivity contribution < 1.29 is 23.8 Å². The lowest BCUT2D eigenvalue weighted by atomic mass is 9.49. The molecule has 2 fully saturated rings. The van der Waals surface area contributed by atoms with Crippen molar-refractivity contribution in [2.24, 2.45) is 17.3 Å². The van der Waals surface area contributed by atoms with Crippen molar-refractivity contribution in [2.45, 2.75) is 52.9 Å². The van der Waals surface area contributed by atoms with Gasteiger partial charge in [0, 0.05) is 56.9 Å². The molecule has 2 atom stereocenters. The van der Waals surface area contributed by atoms with Gasteiger partial charge in [-0.25, -0.2) is 0 Å². The molecular formula is C37H51N3O5. The van der Waals surface area contributed by atoms with E-state index in [1.54, 1.807) is 33.5 Å². The van der Waals surface area contributed by atoms with E-state index in [0.717, 1.165) is 37.5 Å². The van der Waals surface area contributed by atoms with E-state index < -0.39 is 0 Å². The summed E-state index contributed by atoms with van der Waals surface area (Å²) in [4.78, 5) is 33.7. The maximum Gasteiger partial charge on any atom is 0.254 e. The van der Waals surface area contributed by atoms with Crippen LogP contribution in [0, 0.1) is 17.3 Å². The van der Waals surface area contributed by atoms with E-state index in [1.165, 1.54) is 17.6 Å². The largest absolute Gasteiger partial charge is 0.493 e. The monoisotopic (exact) mass is 617 g/mol. The van der Waals surface area contributed by atoms with Crippen molar-refractivity contribution in [2.75, 3.05) is 67.1 Å². The number of piperazine rings is 1. The number of fused-ring (bicyclic) bond motifs is 1. The number of nitrogens with zero attached hydrogens (tertiary/aromatic N) is 3. The summed E-state index contributed by atoms with van der Waals surface area (Å²) in [6.07, 6.45) is 4.66. The normalized spacial score (nSPS) is 21.0. The second kappa shape index (κ2) is 13.1. The molecule has 0 N–H and O–H groups in total. The third kappa shape index (κ3) is 6.71. The second-order valence-corrected chi connectivity index (χ2v) is 14.4. The first-order chi connectivity index (χ1) is 21.4. The molecule has 4 aliphatic rings. The van der Waals surface area contributed by atoms with Gasteiger partial charge in [0.2, 0.25) is 5.75 Å². The molecule has 2 bridgehead atoms. The Bertz CT molecular complexity index is 1390. The molecule has 3 aliphatic carbocycles. The maximum atomic E-state index is 14.2. The van der Waals surface area contributed by atoms with Crippen LogP contribution in [-0.4, -0.2) is 93.7 Å². The first-order valence-corrected chi connectivity index (χ1v) is 16.3. The van der Waals surface area contributed by atoms with Gasteiger partial charge in [0.15, 0.2) is 11.5 Å². The molecule has 8 heteroatoms. The van der Waals surface area contributed by atoms with Crippen molar-refractivity contribution in [1.29, 1.82) is 0 Å². The molecule has 8 nitrogen and oxygen atoms in total. The third-order valence-electron chi connectivity index (χ3n) is 10.5. The smallest absolute Gasteiger partial charge is 0.254 e. The quantitative estimate of drug-likeness (QED) is 0.309. The molecule has 1 saturated heterocycles. The minimum atomic E-state index is -0.0538. The third-order valence-corrected chi connectivity index (χ3v) is 10.5. The Morgan fingerprint density at radius 3 is 2.04 bits per heavy atom. The summed E-state index contributed by atoms with van der Waals surface area (Å²) in [6, 6.07) is 11.5. The predicted octanol–water partition coefficient (Wildman–Crippen LogP) is 5.90. The number of ether oxygens (including phenoxy) is 3. The molecule has 2 aromatic rings. The summed E-state index contributed by atoms with van der Waals surface area (Å²) in [5.41, 5.74) is 4.18. The molecule has 244 valence electrons. The first-order valence-electron chi connectivity index (χ1n) is 16.3. The summed E-state index contributed by atoms with van der Waals surface area (Å²) in [6.45, 7) is 16.1. The minimum absolute atomic E-state index is 0.0536. The number of benzene rings is 2. The summed E-state index contributed by atoms with van der Waals surface area (Å²) < 4.78 is 16.6. The van der Waals surface area contributed by atoms with Crippen molar-refractivity contribution in [3.8, 4) is 17.2 Å². The van der Waals surface area contributed by atoms with E-state index >= 15 is 0 Å². The zero-order valence-corrected chi connectivity index (χ0v) is 28.4. The van der Waals surface area contributed by atoms with Crippen molar-refractivity contribution in [1.82, 2.24) is 14.7 Å². The predicted molar refractivity (Wildman–Crippen MR) is 178 cm³/mol. The van der Waals surface area contributed by atoms with Gasteiger partial charge in [0.25, 0.3) is 11.8 Å². The maximum absolute atomic E-state index is 14.2. The van der Waals surface area contributed by atoms with Gasteiger partial charge in [0.1, 0.15) is 0 Å². The van der Waals surface area contributed by atoms with Crippen LogP contribution in [0.15, 0.2) is 48.0 Å². The molecule has 45 heavy (non-hydrogen) atoms. The number of allylic oxidation sites excluding steroid dienone is 1. The lowest BCUT2D eigenvalue weighted by Crippen LogP contribution is -2.52. The van der Waals surface area contributed by atoms with E-state index in [-0.39, 0.29) is 22.6 Å². The Morgan fingerprint density at radius 1 is 0.911 bits per heavy atom. The number of hydrogen-bond acceptors (Lipinski definition) is 6. The molecule has 6 rings (SSSR count). The molecule has 0 aromatic heterocycles. The minimum Gasteiger partial charge on any atom is -0.493 e. The van der Waals surface area contributed by atoms with Gasteiger partial charge < -0.3 is 24.0 Å². The number of carbonyl (C=O) groups is 2. The molecule has 1 aliphatic heterocycles. The van der Waals surface area contributed by atoms with Crippen molar-refractivity contribution >= 4 is 11.8 Å². The topological polar surface area (TPSA) is 71.6 Å². The van der Waals surface area contributed by atoms with Crippen LogP contribution in [-0.2, 0) is 5.41 Å². The highest BCUT2D eigenvalue weighted by molar-refractivity contribution is 5.96. The lowest BCUT2D eigenvalue weighted by molar-refractivity contribution is -0.0105. The molecule has 1 saturated carbocycles. The molecule has 2 unspecified atom stereocenters. The van der Waals surface area contributed by atoms with Crippen LogP contribution in [0.1, 0.15) is 73.7 Å². The van der Waals surface area contributed by atoms with Crippen molar-refractivity contribution in [3.05, 3.63) is 64.7 Å². The fourth-order valence-electron chi connectivity index (χ4n) is 7.25. The zero-order valence-electron chi connectivity index (χ0n) is 28.4. The van der Waals surface area contributed by atoms with Crippen LogP contribution in [0.2, 0.25) is 0 Å². The number of methoxy groups -OCH3 is 3. The van der Waals surface area contributed by atoms with Crippen LogP contribution in [0.5, 0.6) is 17.2 Å². The summed E-state index contributed by atoms with van der Waals surface area (Å²) in [7, 11) is 4.69. The van der Waals surface area contributed by atoms with Gasteiger partial charge in [-0.3, -0.25) is 14.5 Å². The summed E-state index contributed by atoms with van der Waals surface area (Å²) in [5.74, 6) is 2.68. The number of amides is 2.